The number of ether oxygens (including phenoxy) is 1. The van der Waals surface area contributed by atoms with Crippen molar-refractivity contribution in [2.24, 2.45) is 0 Å². The van der Waals surface area contributed by atoms with Crippen LogP contribution in [0.4, 0.5) is 0 Å². The molecule has 0 atom stereocenters. The SMILES string of the molecule is C=CC(=O)OCCCc1cc[c]cc1. The van der Waals surface area contributed by atoms with Gasteiger partial charge in [0.15, 0.2) is 0 Å². The van der Waals surface area contributed by atoms with Crippen LogP contribution >= 0.6 is 0 Å². The predicted molar refractivity (Wildman–Crippen MR) is 54.8 cm³/mol. The number of carbonyl (C=O) groups is 1. The van der Waals surface area contributed by atoms with Crippen LogP contribution in [-0.2, 0) is 16.0 Å². The Morgan fingerprint density at radius 2 is 2.21 bits per heavy atom. The van der Waals surface area contributed by atoms with Crippen molar-refractivity contribution in [3.8, 4) is 0 Å². The summed E-state index contributed by atoms with van der Waals surface area (Å²) in [5.74, 6) is -0.355. The molecule has 73 valence electrons. The number of hydrogen-bond donors (Lipinski definition) is 0. The second-order valence-electron chi connectivity index (χ2n) is 2.88. The van der Waals surface area contributed by atoms with Crippen LogP contribution < -0.4 is 0 Å². The largest absolute Gasteiger partial charge is 0.463 e. The van der Waals surface area contributed by atoms with Crippen LogP contribution in [0.1, 0.15) is 12.0 Å². The number of rotatable bonds is 5. The minimum absolute atomic E-state index is 0.355. The Balaban J connectivity index is 2.16. The van der Waals surface area contributed by atoms with Gasteiger partial charge in [0.2, 0.25) is 0 Å². The predicted octanol–water partition coefficient (Wildman–Crippen LogP) is 2.15. The quantitative estimate of drug-likeness (QED) is 0.403. The highest BCUT2D eigenvalue weighted by atomic mass is 16.5. The van der Waals surface area contributed by atoms with E-state index in [4.69, 9.17) is 4.74 Å². The molecular formula is C12H13O2. The van der Waals surface area contributed by atoms with Gasteiger partial charge in [-0.1, -0.05) is 30.8 Å². The normalized spacial score (nSPS) is 9.43. The zero-order valence-electron chi connectivity index (χ0n) is 8.03. The van der Waals surface area contributed by atoms with E-state index < -0.39 is 0 Å². The molecule has 14 heavy (non-hydrogen) atoms. The first-order valence-electron chi connectivity index (χ1n) is 4.57. The fourth-order valence-corrected chi connectivity index (χ4v) is 1.10. The van der Waals surface area contributed by atoms with Crippen LogP contribution in [0.5, 0.6) is 0 Å². The monoisotopic (exact) mass is 189 g/mol. The maximum absolute atomic E-state index is 10.7. The van der Waals surface area contributed by atoms with E-state index in [1.54, 1.807) is 0 Å². The van der Waals surface area contributed by atoms with Crippen molar-refractivity contribution in [2.75, 3.05) is 6.61 Å². The Morgan fingerprint density at radius 3 is 2.86 bits per heavy atom. The molecule has 0 spiro atoms. The Morgan fingerprint density at radius 1 is 1.50 bits per heavy atom. The fourth-order valence-electron chi connectivity index (χ4n) is 1.10. The second kappa shape index (κ2) is 5.97. The summed E-state index contributed by atoms with van der Waals surface area (Å²) in [5.41, 5.74) is 1.23. The molecule has 1 aromatic rings. The van der Waals surface area contributed by atoms with Crippen molar-refractivity contribution in [3.63, 3.8) is 0 Å². The third-order valence-corrected chi connectivity index (χ3v) is 1.81. The Labute approximate surface area is 84.2 Å². The standard InChI is InChI=1S/C12H13O2/c1-2-12(13)14-10-6-9-11-7-4-3-5-8-11/h2,4-5,7-8H,1,6,9-10H2. The Hall–Kier alpha value is -1.57. The second-order valence-corrected chi connectivity index (χ2v) is 2.88. The van der Waals surface area contributed by atoms with E-state index in [1.165, 1.54) is 11.6 Å². The number of esters is 1. The molecule has 0 unspecified atom stereocenters. The first-order valence-corrected chi connectivity index (χ1v) is 4.57. The number of aryl methyl sites for hydroxylation is 1. The minimum atomic E-state index is -0.355. The highest BCUT2D eigenvalue weighted by Crippen LogP contribution is 2.01. The van der Waals surface area contributed by atoms with Crippen LogP contribution in [0.2, 0.25) is 0 Å². The van der Waals surface area contributed by atoms with E-state index in [9.17, 15) is 4.79 Å². The summed E-state index contributed by atoms with van der Waals surface area (Å²) in [4.78, 5) is 10.7. The molecule has 0 bridgehead atoms. The lowest BCUT2D eigenvalue weighted by atomic mass is 10.1. The van der Waals surface area contributed by atoms with E-state index in [0.717, 1.165) is 12.8 Å². The summed E-state index contributed by atoms with van der Waals surface area (Å²) in [6.45, 7) is 3.77. The molecule has 0 N–H and O–H groups in total. The summed E-state index contributed by atoms with van der Waals surface area (Å²) >= 11 is 0. The fraction of sp³-hybridized carbons (Fsp3) is 0.250. The molecule has 1 aromatic carbocycles. The van der Waals surface area contributed by atoms with Crippen molar-refractivity contribution < 1.29 is 9.53 Å². The van der Waals surface area contributed by atoms with Gasteiger partial charge >= 0.3 is 5.97 Å². The lowest BCUT2D eigenvalue weighted by molar-refractivity contribution is -0.137. The van der Waals surface area contributed by atoms with Gasteiger partial charge in [0.1, 0.15) is 0 Å². The average Bonchev–Trinajstić information content (AvgIpc) is 2.25. The summed E-state index contributed by atoms with van der Waals surface area (Å²) in [5, 5.41) is 0. The minimum Gasteiger partial charge on any atom is -0.463 e. The molecule has 1 rings (SSSR count). The molecule has 0 amide bonds. The van der Waals surface area contributed by atoms with Crippen molar-refractivity contribution in [2.45, 2.75) is 12.8 Å². The van der Waals surface area contributed by atoms with Crippen LogP contribution in [0, 0.1) is 6.07 Å². The molecule has 0 saturated heterocycles. The van der Waals surface area contributed by atoms with Crippen LogP contribution in [0.25, 0.3) is 0 Å². The van der Waals surface area contributed by atoms with Crippen LogP contribution in [0.3, 0.4) is 0 Å². The van der Waals surface area contributed by atoms with Gasteiger partial charge in [0.25, 0.3) is 0 Å². The molecule has 0 aliphatic heterocycles. The molecule has 0 aliphatic rings. The maximum atomic E-state index is 10.7. The van der Waals surface area contributed by atoms with E-state index in [-0.39, 0.29) is 5.97 Å². The Bertz CT molecular complexity index is 290. The molecule has 2 nitrogen and oxygen atoms in total. The maximum Gasteiger partial charge on any atom is 0.330 e. The summed E-state index contributed by atoms with van der Waals surface area (Å²) in [6, 6.07) is 10.7. The summed E-state index contributed by atoms with van der Waals surface area (Å²) < 4.78 is 4.85. The highest BCUT2D eigenvalue weighted by molar-refractivity contribution is 5.81. The van der Waals surface area contributed by atoms with Gasteiger partial charge in [-0.05, 0) is 24.5 Å². The lowest BCUT2D eigenvalue weighted by Crippen LogP contribution is -2.02. The first kappa shape index (κ1) is 10.5. The van der Waals surface area contributed by atoms with Gasteiger partial charge in [-0.25, -0.2) is 4.79 Å². The molecule has 2 heteroatoms. The van der Waals surface area contributed by atoms with Gasteiger partial charge in [-0.15, -0.1) is 0 Å². The van der Waals surface area contributed by atoms with Crippen molar-refractivity contribution in [1.29, 1.82) is 0 Å². The van der Waals surface area contributed by atoms with Gasteiger partial charge in [-0.3, -0.25) is 0 Å². The summed E-state index contributed by atoms with van der Waals surface area (Å²) in [7, 11) is 0. The highest BCUT2D eigenvalue weighted by Gasteiger charge is 1.95. The molecule has 0 aliphatic carbocycles. The molecule has 0 saturated carbocycles. The van der Waals surface area contributed by atoms with Crippen LogP contribution in [-0.4, -0.2) is 12.6 Å². The van der Waals surface area contributed by atoms with Gasteiger partial charge in [-0.2, -0.15) is 0 Å². The van der Waals surface area contributed by atoms with Crippen molar-refractivity contribution in [3.05, 3.63) is 48.6 Å². The number of benzene rings is 1. The number of carbonyl (C=O) groups excluding carboxylic acids is 1. The molecular weight excluding hydrogens is 176 g/mol. The molecule has 0 fully saturated rings. The smallest absolute Gasteiger partial charge is 0.330 e. The zero-order valence-corrected chi connectivity index (χ0v) is 8.03. The van der Waals surface area contributed by atoms with Gasteiger partial charge in [0, 0.05) is 6.08 Å². The van der Waals surface area contributed by atoms with Crippen LogP contribution in [0.15, 0.2) is 36.9 Å². The molecule has 0 heterocycles. The van der Waals surface area contributed by atoms with E-state index in [1.807, 2.05) is 24.3 Å². The topological polar surface area (TPSA) is 26.3 Å². The van der Waals surface area contributed by atoms with E-state index >= 15 is 0 Å². The average molecular weight is 189 g/mol. The van der Waals surface area contributed by atoms with Crippen molar-refractivity contribution >= 4 is 5.97 Å². The molecule has 0 aromatic heterocycles. The first-order chi connectivity index (χ1) is 6.83. The van der Waals surface area contributed by atoms with Gasteiger partial charge in [0.05, 0.1) is 6.61 Å². The van der Waals surface area contributed by atoms with E-state index in [0.29, 0.717) is 6.61 Å². The van der Waals surface area contributed by atoms with E-state index in [2.05, 4.69) is 12.6 Å². The zero-order chi connectivity index (χ0) is 10.2. The Kier molecular flexibility index (Phi) is 4.48. The van der Waals surface area contributed by atoms with Gasteiger partial charge < -0.3 is 4.74 Å². The van der Waals surface area contributed by atoms with Crippen molar-refractivity contribution in [1.82, 2.24) is 0 Å². The summed E-state index contributed by atoms with van der Waals surface area (Å²) in [6.07, 6.45) is 2.93. The third-order valence-electron chi connectivity index (χ3n) is 1.81. The number of hydrogen-bond acceptors (Lipinski definition) is 2. The lowest BCUT2D eigenvalue weighted by Gasteiger charge is -2.01. The molecule has 1 radical (unpaired) electrons. The third kappa shape index (κ3) is 3.90.